The quantitative estimate of drug-likeness (QED) is 0.593. The first-order valence-electron chi connectivity index (χ1n) is 6.95. The highest BCUT2D eigenvalue weighted by atomic mass is 16.5. The zero-order valence-electron chi connectivity index (χ0n) is 12.4. The second kappa shape index (κ2) is 6.65. The van der Waals surface area contributed by atoms with Gasteiger partial charge in [0.25, 0.3) is 5.91 Å². The average Bonchev–Trinajstić information content (AvgIpc) is 2.61. The summed E-state index contributed by atoms with van der Waals surface area (Å²) >= 11 is 0. The lowest BCUT2D eigenvalue weighted by atomic mass is 10.2. The minimum absolute atomic E-state index is 0.308. The molecule has 6 nitrogen and oxygen atoms in total. The number of hydrogen-bond acceptors (Lipinski definition) is 5. The summed E-state index contributed by atoms with van der Waals surface area (Å²) in [7, 11) is 1.57. The lowest BCUT2D eigenvalue weighted by Gasteiger charge is -2.02. The number of hydrogen-bond donors (Lipinski definition) is 1. The lowest BCUT2D eigenvalue weighted by Crippen LogP contribution is -2.17. The minimum atomic E-state index is -0.308. The largest absolute Gasteiger partial charge is 0.497 e. The van der Waals surface area contributed by atoms with Gasteiger partial charge in [-0.25, -0.2) is 10.4 Å². The first-order valence-corrected chi connectivity index (χ1v) is 6.95. The topological polar surface area (TPSA) is 76.5 Å². The van der Waals surface area contributed by atoms with Gasteiger partial charge in [-0.1, -0.05) is 12.1 Å². The van der Waals surface area contributed by atoms with Gasteiger partial charge in [0.2, 0.25) is 0 Å². The Hall–Kier alpha value is -3.28. The Labute approximate surface area is 132 Å². The summed E-state index contributed by atoms with van der Waals surface area (Å²) in [6.45, 7) is 0. The van der Waals surface area contributed by atoms with Crippen molar-refractivity contribution < 1.29 is 9.53 Å². The maximum absolute atomic E-state index is 11.9. The molecule has 23 heavy (non-hydrogen) atoms. The number of para-hydroxylation sites is 2. The Balaban J connectivity index is 1.68. The summed E-state index contributed by atoms with van der Waals surface area (Å²) in [6.07, 6.45) is 3.06. The van der Waals surface area contributed by atoms with Crippen LogP contribution in [0.1, 0.15) is 16.1 Å². The molecule has 6 heteroatoms. The van der Waals surface area contributed by atoms with Gasteiger partial charge in [-0.05, 0) is 36.4 Å². The molecular formula is C17H14N4O2. The summed E-state index contributed by atoms with van der Waals surface area (Å²) < 4.78 is 5.05. The predicted octanol–water partition coefficient (Wildman–Crippen LogP) is 2.40. The molecule has 1 heterocycles. The first-order chi connectivity index (χ1) is 11.3. The SMILES string of the molecule is COc1ccc(C(=O)NN=Cc2cnc3ccccc3n2)cc1. The van der Waals surface area contributed by atoms with Crippen molar-refractivity contribution in [1.29, 1.82) is 0 Å². The Morgan fingerprint density at radius 3 is 2.61 bits per heavy atom. The van der Waals surface area contributed by atoms with Crippen molar-refractivity contribution in [2.45, 2.75) is 0 Å². The van der Waals surface area contributed by atoms with Crippen LogP contribution in [0, 0.1) is 0 Å². The van der Waals surface area contributed by atoms with E-state index >= 15 is 0 Å². The molecule has 3 aromatic rings. The fourth-order valence-corrected chi connectivity index (χ4v) is 2.00. The highest BCUT2D eigenvalue weighted by molar-refractivity contribution is 5.95. The number of carbonyl (C=O) groups excluding carboxylic acids is 1. The molecule has 0 unspecified atom stereocenters. The van der Waals surface area contributed by atoms with Gasteiger partial charge in [-0.2, -0.15) is 5.10 Å². The van der Waals surface area contributed by atoms with Crippen LogP contribution < -0.4 is 10.2 Å². The van der Waals surface area contributed by atoms with E-state index in [1.54, 1.807) is 37.6 Å². The van der Waals surface area contributed by atoms with Crippen LogP contribution in [0.3, 0.4) is 0 Å². The maximum atomic E-state index is 11.9. The highest BCUT2D eigenvalue weighted by Crippen LogP contribution is 2.11. The standard InChI is InChI=1S/C17H14N4O2/c1-23-14-8-6-12(7-9-14)17(22)21-19-11-13-10-18-15-4-2-3-5-16(15)20-13/h2-11H,1H3,(H,21,22). The van der Waals surface area contributed by atoms with Crippen molar-refractivity contribution >= 4 is 23.2 Å². The van der Waals surface area contributed by atoms with E-state index in [-0.39, 0.29) is 5.91 Å². The predicted molar refractivity (Wildman–Crippen MR) is 87.6 cm³/mol. The Morgan fingerprint density at radius 1 is 1.13 bits per heavy atom. The van der Waals surface area contributed by atoms with Crippen molar-refractivity contribution in [3.8, 4) is 5.75 Å². The van der Waals surface area contributed by atoms with Crippen molar-refractivity contribution in [3.63, 3.8) is 0 Å². The van der Waals surface area contributed by atoms with Gasteiger partial charge >= 0.3 is 0 Å². The van der Waals surface area contributed by atoms with Gasteiger partial charge in [0, 0.05) is 5.56 Å². The zero-order chi connectivity index (χ0) is 16.1. The van der Waals surface area contributed by atoms with Crippen LogP contribution in [-0.4, -0.2) is 29.2 Å². The molecule has 0 radical (unpaired) electrons. The second-order valence-corrected chi connectivity index (χ2v) is 4.71. The number of fused-ring (bicyclic) bond motifs is 1. The number of amides is 1. The minimum Gasteiger partial charge on any atom is -0.497 e. The zero-order valence-corrected chi connectivity index (χ0v) is 12.4. The van der Waals surface area contributed by atoms with Gasteiger partial charge in [-0.3, -0.25) is 9.78 Å². The average molecular weight is 306 g/mol. The van der Waals surface area contributed by atoms with Crippen LogP contribution in [0.5, 0.6) is 5.75 Å². The molecule has 0 aliphatic heterocycles. The number of benzene rings is 2. The smallest absolute Gasteiger partial charge is 0.271 e. The van der Waals surface area contributed by atoms with Gasteiger partial charge in [0.15, 0.2) is 0 Å². The number of methoxy groups -OCH3 is 1. The second-order valence-electron chi connectivity index (χ2n) is 4.71. The lowest BCUT2D eigenvalue weighted by molar-refractivity contribution is 0.0955. The van der Waals surface area contributed by atoms with E-state index in [0.717, 1.165) is 11.0 Å². The van der Waals surface area contributed by atoms with E-state index < -0.39 is 0 Å². The first kappa shape index (κ1) is 14.6. The van der Waals surface area contributed by atoms with Crippen molar-refractivity contribution in [3.05, 3.63) is 66.0 Å². The molecule has 2 aromatic carbocycles. The van der Waals surface area contributed by atoms with Crippen LogP contribution in [0.4, 0.5) is 0 Å². The third-order valence-electron chi connectivity index (χ3n) is 3.18. The van der Waals surface area contributed by atoms with Crippen LogP contribution >= 0.6 is 0 Å². The van der Waals surface area contributed by atoms with Crippen LogP contribution in [-0.2, 0) is 0 Å². The summed E-state index contributed by atoms with van der Waals surface area (Å²) in [5, 5.41) is 3.91. The molecular weight excluding hydrogens is 292 g/mol. The Bertz CT molecular complexity index is 860. The number of aromatic nitrogens is 2. The van der Waals surface area contributed by atoms with E-state index in [4.69, 9.17) is 4.74 Å². The van der Waals surface area contributed by atoms with E-state index in [1.165, 1.54) is 6.21 Å². The van der Waals surface area contributed by atoms with Crippen LogP contribution in [0.2, 0.25) is 0 Å². The van der Waals surface area contributed by atoms with Crippen molar-refractivity contribution in [1.82, 2.24) is 15.4 Å². The van der Waals surface area contributed by atoms with Crippen LogP contribution in [0.15, 0.2) is 59.8 Å². The molecule has 1 aromatic heterocycles. The molecule has 3 rings (SSSR count). The Morgan fingerprint density at radius 2 is 1.87 bits per heavy atom. The van der Waals surface area contributed by atoms with Crippen LogP contribution in [0.25, 0.3) is 11.0 Å². The molecule has 1 amide bonds. The monoisotopic (exact) mass is 306 g/mol. The number of nitrogens with one attached hydrogen (secondary N) is 1. The van der Waals surface area contributed by atoms with E-state index in [2.05, 4.69) is 20.5 Å². The molecule has 0 atom stereocenters. The fraction of sp³-hybridized carbons (Fsp3) is 0.0588. The number of nitrogens with zero attached hydrogens (tertiary/aromatic N) is 3. The number of rotatable bonds is 4. The normalized spacial score (nSPS) is 10.8. The van der Waals surface area contributed by atoms with E-state index in [9.17, 15) is 4.79 Å². The van der Waals surface area contributed by atoms with Gasteiger partial charge in [0.1, 0.15) is 11.4 Å². The summed E-state index contributed by atoms with van der Waals surface area (Å²) in [5.74, 6) is 0.383. The number of ether oxygens (including phenoxy) is 1. The van der Waals surface area contributed by atoms with Crippen molar-refractivity contribution in [2.24, 2.45) is 5.10 Å². The highest BCUT2D eigenvalue weighted by Gasteiger charge is 2.04. The molecule has 1 N–H and O–H groups in total. The van der Waals surface area contributed by atoms with Crippen molar-refractivity contribution in [2.75, 3.05) is 7.11 Å². The van der Waals surface area contributed by atoms with Gasteiger partial charge < -0.3 is 4.74 Å². The Kier molecular flexibility index (Phi) is 4.24. The molecule has 0 saturated heterocycles. The summed E-state index contributed by atoms with van der Waals surface area (Å²) in [4.78, 5) is 20.6. The van der Waals surface area contributed by atoms with E-state index in [0.29, 0.717) is 17.0 Å². The summed E-state index contributed by atoms with van der Waals surface area (Å²) in [5.41, 5.74) is 5.10. The third-order valence-corrected chi connectivity index (χ3v) is 3.18. The molecule has 0 fully saturated rings. The van der Waals surface area contributed by atoms with Gasteiger partial charge in [-0.15, -0.1) is 0 Å². The summed E-state index contributed by atoms with van der Waals surface area (Å²) in [6, 6.07) is 14.3. The molecule has 0 spiro atoms. The number of carbonyl (C=O) groups is 1. The third kappa shape index (κ3) is 3.49. The molecule has 114 valence electrons. The van der Waals surface area contributed by atoms with Gasteiger partial charge in [0.05, 0.1) is 30.6 Å². The van der Waals surface area contributed by atoms with E-state index in [1.807, 2.05) is 24.3 Å². The maximum Gasteiger partial charge on any atom is 0.271 e. The molecule has 0 aliphatic carbocycles. The molecule has 0 saturated carbocycles. The molecule has 0 bridgehead atoms. The number of hydrazone groups is 1. The fourth-order valence-electron chi connectivity index (χ4n) is 2.00. The molecule has 0 aliphatic rings.